The number of halogens is 3. The predicted octanol–water partition coefficient (Wildman–Crippen LogP) is 3.11. The number of aromatic nitrogens is 1. The van der Waals surface area contributed by atoms with E-state index in [1.165, 1.54) is 25.3 Å². The first-order valence-corrected chi connectivity index (χ1v) is 6.73. The molecule has 0 saturated heterocycles. The topological polar surface area (TPSA) is 82.1 Å². The second-order valence-corrected chi connectivity index (χ2v) is 4.96. The molecule has 0 aliphatic rings. The number of hydrogen-bond acceptors (Lipinski definition) is 5. The van der Waals surface area contributed by atoms with Crippen LogP contribution < -0.4 is 5.32 Å². The van der Waals surface area contributed by atoms with Crippen molar-refractivity contribution in [2.75, 3.05) is 11.9 Å². The van der Waals surface area contributed by atoms with Crippen LogP contribution in [-0.4, -0.2) is 22.8 Å². The summed E-state index contributed by atoms with van der Waals surface area (Å²) < 4.78 is 44.8. The zero-order valence-electron chi connectivity index (χ0n) is 12.2. The van der Waals surface area contributed by atoms with Gasteiger partial charge < -0.3 is 14.8 Å². The van der Waals surface area contributed by atoms with Crippen molar-refractivity contribution in [3.63, 3.8) is 0 Å². The van der Waals surface area contributed by atoms with E-state index in [1.807, 2.05) is 6.07 Å². The fraction of sp³-hybridized carbons (Fsp3) is 0.333. The minimum atomic E-state index is -4.90. The standard InChI is InChI=1S/C15H14F3N3O2/c1-10-4-5-12(23-10)14(22,15(16,17)18)6-8-21-13-11(9-19)3-2-7-20-13/h2-5,7,22H,6,8H2,1H3,(H,20,21)/t14-/m1/s1. The summed E-state index contributed by atoms with van der Waals surface area (Å²) in [5, 5.41) is 21.6. The molecule has 0 saturated carbocycles. The molecule has 1 atom stereocenters. The van der Waals surface area contributed by atoms with Gasteiger partial charge in [-0.1, -0.05) is 0 Å². The summed E-state index contributed by atoms with van der Waals surface area (Å²) >= 11 is 0. The highest BCUT2D eigenvalue weighted by molar-refractivity contribution is 5.51. The second-order valence-electron chi connectivity index (χ2n) is 4.96. The van der Waals surface area contributed by atoms with E-state index in [0.717, 1.165) is 6.07 Å². The Bertz CT molecular complexity index is 721. The molecule has 0 fully saturated rings. The minimum Gasteiger partial charge on any atom is -0.463 e. The monoisotopic (exact) mass is 325 g/mol. The number of anilines is 1. The van der Waals surface area contributed by atoms with Crippen molar-refractivity contribution in [3.05, 3.63) is 47.5 Å². The molecule has 0 aromatic carbocycles. The Kier molecular flexibility index (Phi) is 4.61. The molecule has 0 amide bonds. The third-order valence-corrected chi connectivity index (χ3v) is 3.32. The molecule has 2 heterocycles. The van der Waals surface area contributed by atoms with Crippen LogP contribution >= 0.6 is 0 Å². The Morgan fingerprint density at radius 1 is 1.35 bits per heavy atom. The maximum absolute atomic E-state index is 13.3. The number of aliphatic hydroxyl groups is 1. The summed E-state index contributed by atoms with van der Waals surface area (Å²) in [5.74, 6) is -0.131. The Morgan fingerprint density at radius 2 is 2.09 bits per heavy atom. The smallest absolute Gasteiger partial charge is 0.424 e. The summed E-state index contributed by atoms with van der Waals surface area (Å²) in [6.07, 6.45) is -4.18. The van der Waals surface area contributed by atoms with Crippen molar-refractivity contribution in [1.29, 1.82) is 5.26 Å². The molecular formula is C15H14F3N3O2. The zero-order chi connectivity index (χ0) is 17.1. The molecule has 23 heavy (non-hydrogen) atoms. The Morgan fingerprint density at radius 3 is 2.65 bits per heavy atom. The van der Waals surface area contributed by atoms with E-state index in [4.69, 9.17) is 9.68 Å². The molecule has 0 aliphatic heterocycles. The lowest BCUT2D eigenvalue weighted by atomic mass is 9.95. The number of nitrogens with one attached hydrogen (secondary N) is 1. The largest absolute Gasteiger partial charge is 0.463 e. The van der Waals surface area contributed by atoms with Crippen molar-refractivity contribution >= 4 is 5.82 Å². The maximum Gasteiger partial charge on any atom is 0.424 e. The van der Waals surface area contributed by atoms with E-state index < -0.39 is 24.0 Å². The second kappa shape index (κ2) is 6.30. The first kappa shape index (κ1) is 16.8. The molecule has 0 unspecified atom stereocenters. The lowest BCUT2D eigenvalue weighted by Gasteiger charge is -2.28. The molecule has 8 heteroatoms. The summed E-state index contributed by atoms with van der Waals surface area (Å²) in [4.78, 5) is 3.89. The van der Waals surface area contributed by atoms with Crippen molar-refractivity contribution in [1.82, 2.24) is 4.98 Å². The van der Waals surface area contributed by atoms with Gasteiger partial charge in [0.2, 0.25) is 5.60 Å². The summed E-state index contributed by atoms with van der Waals surface area (Å²) in [6, 6.07) is 7.37. The Labute approximate surface area is 130 Å². The highest BCUT2D eigenvalue weighted by atomic mass is 19.4. The molecule has 122 valence electrons. The quantitative estimate of drug-likeness (QED) is 0.883. The van der Waals surface area contributed by atoms with Crippen LogP contribution in [0.15, 0.2) is 34.9 Å². The van der Waals surface area contributed by atoms with Crippen LogP contribution in [0.4, 0.5) is 19.0 Å². The minimum absolute atomic E-state index is 0.162. The van der Waals surface area contributed by atoms with Crippen LogP contribution in [0.3, 0.4) is 0 Å². The van der Waals surface area contributed by atoms with Crippen LogP contribution in [0.2, 0.25) is 0 Å². The van der Waals surface area contributed by atoms with Crippen LogP contribution in [0.1, 0.15) is 23.5 Å². The Balaban J connectivity index is 2.16. The third kappa shape index (κ3) is 3.46. The van der Waals surface area contributed by atoms with Gasteiger partial charge in [0, 0.05) is 19.2 Å². The molecule has 2 aromatic heterocycles. The first-order chi connectivity index (χ1) is 10.8. The number of aryl methyl sites for hydroxylation is 1. The van der Waals surface area contributed by atoms with Gasteiger partial charge in [-0.2, -0.15) is 18.4 Å². The fourth-order valence-electron chi connectivity index (χ4n) is 2.06. The van der Waals surface area contributed by atoms with Gasteiger partial charge in [-0.05, 0) is 31.2 Å². The average Bonchev–Trinajstić information content (AvgIpc) is 2.93. The highest BCUT2D eigenvalue weighted by Gasteiger charge is 2.56. The number of rotatable bonds is 5. The summed E-state index contributed by atoms with van der Waals surface area (Å²) in [6.45, 7) is 1.24. The number of pyridine rings is 1. The zero-order valence-corrected chi connectivity index (χ0v) is 12.2. The van der Waals surface area contributed by atoms with Crippen LogP contribution in [-0.2, 0) is 5.60 Å². The van der Waals surface area contributed by atoms with Crippen molar-refractivity contribution in [3.8, 4) is 6.07 Å². The third-order valence-electron chi connectivity index (χ3n) is 3.32. The number of alkyl halides is 3. The van der Waals surface area contributed by atoms with E-state index in [0.29, 0.717) is 0 Å². The number of nitrogens with zero attached hydrogens (tertiary/aromatic N) is 2. The van der Waals surface area contributed by atoms with Gasteiger partial charge in [0.15, 0.2) is 0 Å². The molecule has 2 N–H and O–H groups in total. The van der Waals surface area contributed by atoms with Gasteiger partial charge in [0.05, 0.1) is 5.56 Å². The molecule has 2 rings (SSSR count). The SMILES string of the molecule is Cc1ccc([C@](O)(CCNc2ncccc2C#N)C(F)(F)F)o1. The van der Waals surface area contributed by atoms with E-state index in [-0.39, 0.29) is 23.7 Å². The lowest BCUT2D eigenvalue weighted by Crippen LogP contribution is -2.43. The maximum atomic E-state index is 13.3. The van der Waals surface area contributed by atoms with Crippen LogP contribution in [0, 0.1) is 18.3 Å². The van der Waals surface area contributed by atoms with Gasteiger partial charge in [0.25, 0.3) is 0 Å². The van der Waals surface area contributed by atoms with Crippen molar-refractivity contribution in [2.45, 2.75) is 25.1 Å². The van der Waals surface area contributed by atoms with E-state index >= 15 is 0 Å². The van der Waals surface area contributed by atoms with Gasteiger partial charge in [-0.15, -0.1) is 0 Å². The molecule has 0 aliphatic carbocycles. The summed E-state index contributed by atoms with van der Waals surface area (Å²) in [5.41, 5.74) is -2.91. The predicted molar refractivity (Wildman–Crippen MR) is 75.5 cm³/mol. The molecule has 2 aromatic rings. The number of hydrogen-bond donors (Lipinski definition) is 2. The molecular weight excluding hydrogens is 311 g/mol. The van der Waals surface area contributed by atoms with Crippen molar-refractivity contribution in [2.24, 2.45) is 0 Å². The van der Waals surface area contributed by atoms with E-state index in [9.17, 15) is 18.3 Å². The molecule has 0 spiro atoms. The van der Waals surface area contributed by atoms with Gasteiger partial charge in [-0.25, -0.2) is 4.98 Å². The summed E-state index contributed by atoms with van der Waals surface area (Å²) in [7, 11) is 0. The molecule has 0 bridgehead atoms. The molecule has 0 radical (unpaired) electrons. The first-order valence-electron chi connectivity index (χ1n) is 6.73. The molecule has 5 nitrogen and oxygen atoms in total. The van der Waals surface area contributed by atoms with E-state index in [1.54, 1.807) is 6.07 Å². The van der Waals surface area contributed by atoms with Gasteiger partial charge in [0.1, 0.15) is 23.4 Å². The normalized spacial score (nSPS) is 14.1. The lowest BCUT2D eigenvalue weighted by molar-refractivity contribution is -0.274. The Hall–Kier alpha value is -2.53. The van der Waals surface area contributed by atoms with Gasteiger partial charge in [-0.3, -0.25) is 0 Å². The number of furan rings is 1. The fourth-order valence-corrected chi connectivity index (χ4v) is 2.06. The van der Waals surface area contributed by atoms with E-state index in [2.05, 4.69) is 10.3 Å². The highest BCUT2D eigenvalue weighted by Crippen LogP contribution is 2.42. The van der Waals surface area contributed by atoms with Crippen molar-refractivity contribution < 1.29 is 22.7 Å². The van der Waals surface area contributed by atoms with Crippen LogP contribution in [0.25, 0.3) is 0 Å². The average molecular weight is 325 g/mol. The van der Waals surface area contributed by atoms with Gasteiger partial charge >= 0.3 is 6.18 Å². The van der Waals surface area contributed by atoms with Crippen LogP contribution in [0.5, 0.6) is 0 Å². The number of nitriles is 1.